The standard InChI is InChI=1S/C14H22O2SSi/c1-6-9-18(4,5)13-8-7-12(17-13)10-11(2)14(15)16-3/h6-8,11H,1,9-10H2,2-5H3. The summed E-state index contributed by atoms with van der Waals surface area (Å²) in [4.78, 5) is 12.7. The Kier molecular flexibility index (Phi) is 5.35. The van der Waals surface area contributed by atoms with E-state index < -0.39 is 8.07 Å². The van der Waals surface area contributed by atoms with Crippen LogP contribution in [0.2, 0.25) is 19.1 Å². The summed E-state index contributed by atoms with van der Waals surface area (Å²) in [7, 11) is 0.0824. The molecule has 100 valence electrons. The summed E-state index contributed by atoms with van der Waals surface area (Å²) in [6.07, 6.45) is 2.79. The minimum absolute atomic E-state index is 0.0642. The molecular weight excluding hydrogens is 260 g/mol. The first-order chi connectivity index (χ1) is 8.40. The molecule has 0 spiro atoms. The van der Waals surface area contributed by atoms with Crippen LogP contribution in [0.1, 0.15) is 11.8 Å². The zero-order chi connectivity index (χ0) is 13.8. The highest BCUT2D eigenvalue weighted by atomic mass is 32.1. The second-order valence-corrected chi connectivity index (χ2v) is 11.5. The summed E-state index contributed by atoms with van der Waals surface area (Å²) < 4.78 is 6.24. The van der Waals surface area contributed by atoms with Crippen molar-refractivity contribution in [1.29, 1.82) is 0 Å². The lowest BCUT2D eigenvalue weighted by Gasteiger charge is -2.18. The van der Waals surface area contributed by atoms with Gasteiger partial charge in [0.25, 0.3) is 0 Å². The molecule has 1 aromatic heterocycles. The fraction of sp³-hybridized carbons (Fsp3) is 0.500. The number of hydrogen-bond acceptors (Lipinski definition) is 3. The highest BCUT2D eigenvalue weighted by Crippen LogP contribution is 2.20. The topological polar surface area (TPSA) is 26.3 Å². The first kappa shape index (κ1) is 15.2. The summed E-state index contributed by atoms with van der Waals surface area (Å²) in [5.74, 6) is -0.196. The number of esters is 1. The van der Waals surface area contributed by atoms with Crippen LogP contribution in [0.25, 0.3) is 0 Å². The van der Waals surface area contributed by atoms with E-state index in [1.54, 1.807) is 0 Å². The lowest BCUT2D eigenvalue weighted by molar-refractivity contribution is -0.144. The quantitative estimate of drug-likeness (QED) is 0.455. The average Bonchev–Trinajstić information content (AvgIpc) is 2.77. The van der Waals surface area contributed by atoms with E-state index >= 15 is 0 Å². The van der Waals surface area contributed by atoms with E-state index in [-0.39, 0.29) is 11.9 Å². The second kappa shape index (κ2) is 6.34. The van der Waals surface area contributed by atoms with Crippen molar-refractivity contribution in [3.63, 3.8) is 0 Å². The van der Waals surface area contributed by atoms with E-state index in [1.165, 1.54) is 16.5 Å². The van der Waals surface area contributed by atoms with Crippen LogP contribution in [-0.4, -0.2) is 21.2 Å². The van der Waals surface area contributed by atoms with Gasteiger partial charge in [-0.15, -0.1) is 6.58 Å². The van der Waals surface area contributed by atoms with Gasteiger partial charge < -0.3 is 4.74 Å². The Bertz CT molecular complexity index is 423. The van der Waals surface area contributed by atoms with E-state index in [2.05, 4.69) is 31.8 Å². The summed E-state index contributed by atoms with van der Waals surface area (Å²) in [5, 5.41) is 0. The van der Waals surface area contributed by atoms with Crippen LogP contribution in [0.3, 0.4) is 0 Å². The summed E-state index contributed by atoms with van der Waals surface area (Å²) in [5.41, 5.74) is 0. The number of hydrogen-bond donors (Lipinski definition) is 0. The Morgan fingerprint density at radius 1 is 1.56 bits per heavy atom. The molecule has 0 bridgehead atoms. The maximum atomic E-state index is 11.4. The van der Waals surface area contributed by atoms with E-state index in [4.69, 9.17) is 4.74 Å². The van der Waals surface area contributed by atoms with Crippen LogP contribution >= 0.6 is 11.3 Å². The van der Waals surface area contributed by atoms with E-state index in [0.717, 1.165) is 12.5 Å². The minimum atomic E-state index is -1.36. The molecule has 1 heterocycles. The minimum Gasteiger partial charge on any atom is -0.469 e. The van der Waals surface area contributed by atoms with Crippen LogP contribution in [0.5, 0.6) is 0 Å². The molecule has 2 nitrogen and oxygen atoms in total. The Labute approximate surface area is 115 Å². The zero-order valence-corrected chi connectivity index (χ0v) is 13.5. The largest absolute Gasteiger partial charge is 0.469 e. The molecule has 0 fully saturated rings. The van der Waals surface area contributed by atoms with E-state index in [0.29, 0.717) is 0 Å². The summed E-state index contributed by atoms with van der Waals surface area (Å²) in [6.45, 7) is 10.5. The van der Waals surface area contributed by atoms with Crippen LogP contribution in [0.4, 0.5) is 0 Å². The molecule has 0 radical (unpaired) electrons. The smallest absolute Gasteiger partial charge is 0.308 e. The van der Waals surface area contributed by atoms with Crippen LogP contribution in [0.15, 0.2) is 24.8 Å². The van der Waals surface area contributed by atoms with Gasteiger partial charge in [-0.3, -0.25) is 4.79 Å². The first-order valence-corrected chi connectivity index (χ1v) is 10.2. The van der Waals surface area contributed by atoms with Gasteiger partial charge in [0.1, 0.15) is 0 Å². The zero-order valence-electron chi connectivity index (χ0n) is 11.7. The molecule has 1 aromatic rings. The van der Waals surface area contributed by atoms with Crippen LogP contribution < -0.4 is 4.50 Å². The third-order valence-electron chi connectivity index (χ3n) is 3.09. The Morgan fingerprint density at radius 2 is 2.22 bits per heavy atom. The number of ether oxygens (including phenoxy) is 1. The van der Waals surface area contributed by atoms with Gasteiger partial charge in [-0.25, -0.2) is 0 Å². The number of allylic oxidation sites excluding steroid dienone is 1. The van der Waals surface area contributed by atoms with Crippen LogP contribution in [-0.2, 0) is 16.0 Å². The molecule has 0 aliphatic carbocycles. The van der Waals surface area contributed by atoms with E-state index in [9.17, 15) is 4.79 Å². The number of carbonyl (C=O) groups is 1. The predicted molar refractivity (Wildman–Crippen MR) is 81.3 cm³/mol. The molecule has 0 aliphatic heterocycles. The van der Waals surface area contributed by atoms with Gasteiger partial charge in [-0.1, -0.05) is 32.2 Å². The van der Waals surface area contributed by atoms with Gasteiger partial charge >= 0.3 is 5.97 Å². The maximum absolute atomic E-state index is 11.4. The van der Waals surface area contributed by atoms with Gasteiger partial charge in [0, 0.05) is 4.88 Å². The number of thiophene rings is 1. The number of methoxy groups -OCH3 is 1. The third kappa shape index (κ3) is 3.82. The molecule has 1 rings (SSSR count). The molecule has 0 saturated heterocycles. The lowest BCUT2D eigenvalue weighted by atomic mass is 10.1. The Balaban J connectivity index is 2.75. The van der Waals surface area contributed by atoms with Crippen molar-refractivity contribution in [3.8, 4) is 0 Å². The van der Waals surface area contributed by atoms with Crippen molar-refractivity contribution in [1.82, 2.24) is 0 Å². The Morgan fingerprint density at radius 3 is 2.78 bits per heavy atom. The highest BCUT2D eigenvalue weighted by Gasteiger charge is 2.24. The van der Waals surface area contributed by atoms with Crippen molar-refractivity contribution in [2.45, 2.75) is 32.5 Å². The normalized spacial score (nSPS) is 13.1. The van der Waals surface area contributed by atoms with E-state index in [1.807, 2.05) is 24.3 Å². The van der Waals surface area contributed by atoms with Crippen molar-refractivity contribution >= 4 is 29.9 Å². The van der Waals surface area contributed by atoms with Gasteiger partial charge in [-0.2, -0.15) is 11.3 Å². The molecule has 0 saturated carbocycles. The predicted octanol–water partition coefficient (Wildman–Crippen LogP) is 3.20. The maximum Gasteiger partial charge on any atom is 0.308 e. The van der Waals surface area contributed by atoms with Crippen molar-refractivity contribution in [3.05, 3.63) is 29.7 Å². The molecule has 0 aromatic carbocycles. The average molecular weight is 282 g/mol. The first-order valence-electron chi connectivity index (χ1n) is 6.18. The molecule has 0 N–H and O–H groups in total. The number of rotatable bonds is 6. The second-order valence-electron chi connectivity index (χ2n) is 5.27. The van der Waals surface area contributed by atoms with Gasteiger partial charge in [0.2, 0.25) is 0 Å². The molecule has 0 aliphatic rings. The fourth-order valence-corrected chi connectivity index (χ4v) is 5.99. The van der Waals surface area contributed by atoms with Crippen molar-refractivity contribution in [2.24, 2.45) is 5.92 Å². The molecule has 4 heteroatoms. The number of carbonyl (C=O) groups excluding carboxylic acids is 1. The van der Waals surface area contributed by atoms with Gasteiger partial charge in [0.15, 0.2) is 0 Å². The fourth-order valence-electron chi connectivity index (χ4n) is 1.90. The molecule has 18 heavy (non-hydrogen) atoms. The molecule has 1 unspecified atom stereocenters. The third-order valence-corrected chi connectivity index (χ3v) is 8.79. The summed E-state index contributed by atoms with van der Waals surface area (Å²) >= 11 is 1.84. The SMILES string of the molecule is C=CC[Si](C)(C)c1ccc(CC(C)C(=O)OC)s1. The van der Waals surface area contributed by atoms with Gasteiger partial charge in [-0.05, 0) is 23.0 Å². The van der Waals surface area contributed by atoms with Crippen molar-refractivity contribution in [2.75, 3.05) is 7.11 Å². The monoisotopic (exact) mass is 282 g/mol. The summed E-state index contributed by atoms with van der Waals surface area (Å²) in [6, 6.07) is 5.47. The van der Waals surface area contributed by atoms with Crippen molar-refractivity contribution < 1.29 is 9.53 Å². The molecular formula is C14H22O2SSi. The lowest BCUT2D eigenvalue weighted by Crippen LogP contribution is -2.38. The molecule has 1 atom stereocenters. The van der Waals surface area contributed by atoms with Gasteiger partial charge in [0.05, 0.1) is 21.1 Å². The molecule has 0 amide bonds. The van der Waals surface area contributed by atoms with Crippen LogP contribution in [0, 0.1) is 5.92 Å². The Hall–Kier alpha value is -0.873. The highest BCUT2D eigenvalue weighted by molar-refractivity contribution is 7.26.